The van der Waals surface area contributed by atoms with Crippen LogP contribution in [-0.2, 0) is 9.59 Å². The zero-order valence-electron chi connectivity index (χ0n) is 11.0. The normalized spacial score (nSPS) is 21.0. The summed E-state index contributed by atoms with van der Waals surface area (Å²) in [5, 5.41) is 3.28. The Bertz CT molecular complexity index is 487. The van der Waals surface area contributed by atoms with Crippen molar-refractivity contribution < 1.29 is 9.59 Å². The number of benzene rings is 1. The van der Waals surface area contributed by atoms with Crippen LogP contribution in [-0.4, -0.2) is 29.8 Å². The maximum atomic E-state index is 11.9. The second-order valence-electron chi connectivity index (χ2n) is 4.73. The van der Waals surface area contributed by atoms with E-state index < -0.39 is 6.04 Å². The molecule has 1 aliphatic rings. The smallest absolute Gasteiger partial charge is 0.246 e. The molecular formula is C14H17BrN2O2. The monoisotopic (exact) mass is 324 g/mol. The predicted molar refractivity (Wildman–Crippen MR) is 76.5 cm³/mol. The van der Waals surface area contributed by atoms with Gasteiger partial charge in [0.25, 0.3) is 0 Å². The van der Waals surface area contributed by atoms with Crippen molar-refractivity contribution >= 4 is 27.7 Å². The van der Waals surface area contributed by atoms with Gasteiger partial charge in [0.2, 0.25) is 11.8 Å². The fraction of sp³-hybridized carbons (Fsp3) is 0.429. The summed E-state index contributed by atoms with van der Waals surface area (Å²) in [4.78, 5) is 24.6. The maximum absolute atomic E-state index is 11.9. The Morgan fingerprint density at radius 1 is 1.37 bits per heavy atom. The van der Waals surface area contributed by atoms with Gasteiger partial charge < -0.3 is 0 Å². The number of hydrogen-bond donors (Lipinski definition) is 1. The highest BCUT2D eigenvalue weighted by atomic mass is 79.9. The molecule has 0 saturated carbocycles. The van der Waals surface area contributed by atoms with Crippen LogP contribution in [0, 0.1) is 0 Å². The van der Waals surface area contributed by atoms with Crippen molar-refractivity contribution in [1.29, 1.82) is 0 Å². The van der Waals surface area contributed by atoms with Gasteiger partial charge in [-0.25, -0.2) is 0 Å². The molecule has 2 amide bonds. The molecule has 0 aromatic heterocycles. The molecule has 0 bridgehead atoms. The van der Waals surface area contributed by atoms with Crippen LogP contribution in [0.5, 0.6) is 0 Å². The lowest BCUT2D eigenvalue weighted by Crippen LogP contribution is -2.39. The molecule has 102 valence electrons. The second-order valence-corrected chi connectivity index (χ2v) is 5.64. The van der Waals surface area contributed by atoms with E-state index in [1.807, 2.05) is 24.3 Å². The molecule has 5 heteroatoms. The topological polar surface area (TPSA) is 49.4 Å². The van der Waals surface area contributed by atoms with Gasteiger partial charge >= 0.3 is 0 Å². The predicted octanol–water partition coefficient (Wildman–Crippen LogP) is 2.25. The maximum Gasteiger partial charge on any atom is 0.246 e. The number of amides is 2. The Hall–Kier alpha value is -1.20. The summed E-state index contributed by atoms with van der Waals surface area (Å²) in [7, 11) is 1.53. The average molecular weight is 325 g/mol. The zero-order valence-corrected chi connectivity index (χ0v) is 12.6. The molecule has 0 aliphatic carbocycles. The molecule has 19 heavy (non-hydrogen) atoms. The summed E-state index contributed by atoms with van der Waals surface area (Å²) in [5.74, 6) is -0.256. The Balaban J connectivity index is 2.10. The quantitative estimate of drug-likeness (QED) is 0.864. The van der Waals surface area contributed by atoms with E-state index in [2.05, 4.69) is 28.2 Å². The summed E-state index contributed by atoms with van der Waals surface area (Å²) >= 11 is 3.40. The van der Waals surface area contributed by atoms with Crippen LogP contribution in [0.15, 0.2) is 28.7 Å². The van der Waals surface area contributed by atoms with Crippen LogP contribution >= 0.6 is 15.9 Å². The molecule has 1 saturated heterocycles. The molecule has 1 fully saturated rings. The van der Waals surface area contributed by atoms with Gasteiger partial charge in [-0.2, -0.15) is 0 Å². The van der Waals surface area contributed by atoms with E-state index in [0.29, 0.717) is 0 Å². The Labute approximate surface area is 121 Å². The highest BCUT2D eigenvalue weighted by Crippen LogP contribution is 2.22. The number of halogens is 1. The van der Waals surface area contributed by atoms with E-state index in [4.69, 9.17) is 0 Å². The number of carbonyl (C=O) groups excluding carboxylic acids is 2. The molecule has 2 rings (SSSR count). The third kappa shape index (κ3) is 3.04. The number of likely N-dealkylation sites (tertiary alicyclic amines) is 1. The SMILES string of the molecule is CCC(NC1CC(=O)N(C)C1=O)c1ccc(Br)cc1. The minimum absolute atomic E-state index is 0.0846. The standard InChI is InChI=1S/C14H17BrN2O2/c1-3-11(9-4-6-10(15)7-5-9)16-12-8-13(18)17(2)14(12)19/h4-7,11-12,16H,3,8H2,1-2H3. The number of carbonyl (C=O) groups is 2. The fourth-order valence-corrected chi connectivity index (χ4v) is 2.54. The summed E-state index contributed by atoms with van der Waals surface area (Å²) in [6.07, 6.45) is 1.12. The number of likely N-dealkylation sites (N-methyl/N-ethyl adjacent to an activating group) is 1. The van der Waals surface area contributed by atoms with Gasteiger partial charge in [0, 0.05) is 17.6 Å². The summed E-state index contributed by atoms with van der Waals surface area (Å²) < 4.78 is 1.03. The lowest BCUT2D eigenvalue weighted by molar-refractivity contribution is -0.137. The van der Waals surface area contributed by atoms with Crippen molar-refractivity contribution in [2.75, 3.05) is 7.05 Å². The van der Waals surface area contributed by atoms with E-state index >= 15 is 0 Å². The lowest BCUT2D eigenvalue weighted by Gasteiger charge is -2.21. The van der Waals surface area contributed by atoms with Crippen LogP contribution in [0.4, 0.5) is 0 Å². The molecule has 1 aromatic rings. The molecular weight excluding hydrogens is 308 g/mol. The first-order valence-electron chi connectivity index (χ1n) is 6.34. The summed E-state index contributed by atoms with van der Waals surface area (Å²) in [6, 6.07) is 7.69. The van der Waals surface area contributed by atoms with Gasteiger partial charge in [-0.1, -0.05) is 35.0 Å². The van der Waals surface area contributed by atoms with Crippen molar-refractivity contribution in [2.24, 2.45) is 0 Å². The van der Waals surface area contributed by atoms with E-state index in [1.165, 1.54) is 11.9 Å². The van der Waals surface area contributed by atoms with E-state index in [0.717, 1.165) is 16.5 Å². The first-order chi connectivity index (χ1) is 9.02. The van der Waals surface area contributed by atoms with Crippen molar-refractivity contribution in [1.82, 2.24) is 10.2 Å². The number of rotatable bonds is 4. The highest BCUT2D eigenvalue weighted by Gasteiger charge is 2.36. The number of hydrogen-bond acceptors (Lipinski definition) is 3. The van der Waals surface area contributed by atoms with E-state index in [-0.39, 0.29) is 24.3 Å². The molecule has 2 unspecified atom stereocenters. The van der Waals surface area contributed by atoms with Gasteiger partial charge in [-0.15, -0.1) is 0 Å². The van der Waals surface area contributed by atoms with Gasteiger partial charge in [0.1, 0.15) is 0 Å². The molecule has 1 aliphatic heterocycles. The van der Waals surface area contributed by atoms with Crippen LogP contribution in [0.2, 0.25) is 0 Å². The van der Waals surface area contributed by atoms with Crippen LogP contribution in [0.3, 0.4) is 0 Å². The minimum Gasteiger partial charge on any atom is -0.299 e. The van der Waals surface area contributed by atoms with Gasteiger partial charge in [-0.3, -0.25) is 19.8 Å². The fourth-order valence-electron chi connectivity index (χ4n) is 2.27. The summed E-state index contributed by atoms with van der Waals surface area (Å²) in [6.45, 7) is 2.06. The second kappa shape index (κ2) is 5.84. The molecule has 0 spiro atoms. The first-order valence-corrected chi connectivity index (χ1v) is 7.14. The molecule has 2 atom stereocenters. The number of nitrogens with one attached hydrogen (secondary N) is 1. The Morgan fingerprint density at radius 3 is 2.47 bits per heavy atom. The van der Waals surface area contributed by atoms with Crippen molar-refractivity contribution in [3.63, 3.8) is 0 Å². The molecule has 0 radical (unpaired) electrons. The largest absolute Gasteiger partial charge is 0.299 e. The third-order valence-electron chi connectivity index (χ3n) is 3.46. The van der Waals surface area contributed by atoms with Gasteiger partial charge in [0.05, 0.1) is 12.5 Å². The van der Waals surface area contributed by atoms with Crippen LogP contribution in [0.1, 0.15) is 31.4 Å². The van der Waals surface area contributed by atoms with Gasteiger partial charge in [-0.05, 0) is 24.1 Å². The molecule has 1 N–H and O–H groups in total. The summed E-state index contributed by atoms with van der Waals surface area (Å²) in [5.41, 5.74) is 1.13. The van der Waals surface area contributed by atoms with Crippen molar-refractivity contribution in [3.8, 4) is 0 Å². The first kappa shape index (κ1) is 14.2. The van der Waals surface area contributed by atoms with Crippen molar-refractivity contribution in [2.45, 2.75) is 31.8 Å². The lowest BCUT2D eigenvalue weighted by atomic mass is 10.0. The minimum atomic E-state index is -0.397. The third-order valence-corrected chi connectivity index (χ3v) is 3.99. The van der Waals surface area contributed by atoms with E-state index in [1.54, 1.807) is 0 Å². The Morgan fingerprint density at radius 2 is 2.00 bits per heavy atom. The van der Waals surface area contributed by atoms with Gasteiger partial charge in [0.15, 0.2) is 0 Å². The van der Waals surface area contributed by atoms with E-state index in [9.17, 15) is 9.59 Å². The number of nitrogens with zero attached hydrogens (tertiary/aromatic N) is 1. The molecule has 1 aromatic carbocycles. The Kier molecular flexibility index (Phi) is 4.37. The van der Waals surface area contributed by atoms with Crippen LogP contribution in [0.25, 0.3) is 0 Å². The molecule has 1 heterocycles. The van der Waals surface area contributed by atoms with Crippen molar-refractivity contribution in [3.05, 3.63) is 34.3 Å². The highest BCUT2D eigenvalue weighted by molar-refractivity contribution is 9.10. The number of imide groups is 1. The van der Waals surface area contributed by atoms with Crippen LogP contribution < -0.4 is 5.32 Å². The average Bonchev–Trinajstić information content (AvgIpc) is 2.65. The molecule has 4 nitrogen and oxygen atoms in total. The zero-order chi connectivity index (χ0) is 14.0.